The van der Waals surface area contributed by atoms with Crippen molar-refractivity contribution in [3.8, 4) is 5.75 Å². The fourth-order valence-electron chi connectivity index (χ4n) is 4.58. The minimum Gasteiger partial charge on any atom is -0.497 e. The Balaban J connectivity index is 1.50. The van der Waals surface area contributed by atoms with E-state index in [4.69, 9.17) is 16.3 Å². The zero-order chi connectivity index (χ0) is 26.4. The minimum atomic E-state index is -4.45. The number of anilines is 2. The molecular weight excluding hydrogens is 527 g/mol. The molecule has 3 aromatic rings. The molecule has 6 nitrogen and oxygen atoms in total. The monoisotopic (exact) mass is 547 g/mol. The smallest absolute Gasteiger partial charge is 0.416 e. The van der Waals surface area contributed by atoms with Crippen molar-refractivity contribution in [3.05, 3.63) is 88.4 Å². The van der Waals surface area contributed by atoms with Gasteiger partial charge in [0, 0.05) is 28.6 Å². The normalized spacial score (nSPS) is 18.9. The molecule has 2 aliphatic heterocycles. The number of methoxy groups -OCH3 is 1. The van der Waals surface area contributed by atoms with Crippen LogP contribution in [0.25, 0.3) is 0 Å². The number of rotatable bonds is 4. The van der Waals surface area contributed by atoms with Crippen LogP contribution in [0.1, 0.15) is 16.7 Å². The molecule has 1 saturated heterocycles. The van der Waals surface area contributed by atoms with Crippen molar-refractivity contribution in [3.63, 3.8) is 0 Å². The van der Waals surface area contributed by atoms with E-state index >= 15 is 0 Å². The summed E-state index contributed by atoms with van der Waals surface area (Å²) in [6.45, 7) is 0.367. The molecule has 2 aliphatic rings. The lowest BCUT2D eigenvalue weighted by Gasteiger charge is -2.33. The van der Waals surface area contributed by atoms with Crippen molar-refractivity contribution >= 4 is 46.7 Å². The molecule has 2 heterocycles. The second-order valence-corrected chi connectivity index (χ2v) is 10.3. The molecule has 1 spiro atoms. The second kappa shape index (κ2) is 9.50. The Bertz CT molecular complexity index is 1350. The van der Waals surface area contributed by atoms with Gasteiger partial charge in [0.05, 0.1) is 24.9 Å². The van der Waals surface area contributed by atoms with E-state index in [9.17, 15) is 22.8 Å². The van der Waals surface area contributed by atoms with E-state index in [1.54, 1.807) is 42.5 Å². The van der Waals surface area contributed by atoms with Crippen molar-refractivity contribution in [2.24, 2.45) is 0 Å². The summed E-state index contributed by atoms with van der Waals surface area (Å²) in [5.41, 5.74) is 1.46. The third-order valence-electron chi connectivity index (χ3n) is 6.36. The maximum atomic E-state index is 14.1. The van der Waals surface area contributed by atoms with Crippen molar-refractivity contribution in [2.75, 3.05) is 29.6 Å². The summed E-state index contributed by atoms with van der Waals surface area (Å²) < 4.78 is 44.5. The largest absolute Gasteiger partial charge is 0.497 e. The lowest BCUT2D eigenvalue weighted by Crippen LogP contribution is -2.51. The van der Waals surface area contributed by atoms with Crippen molar-refractivity contribution < 1.29 is 27.5 Å². The van der Waals surface area contributed by atoms with Crippen LogP contribution in [-0.2, 0) is 22.4 Å². The first-order valence-electron chi connectivity index (χ1n) is 11.3. The summed E-state index contributed by atoms with van der Waals surface area (Å²) >= 11 is 7.29. The van der Waals surface area contributed by atoms with Crippen LogP contribution in [0, 0.1) is 0 Å². The lowest BCUT2D eigenvalue weighted by molar-refractivity contribution is -0.137. The number of carbonyl (C=O) groups excluding carboxylic acids is 2. The van der Waals surface area contributed by atoms with Gasteiger partial charge in [-0.15, -0.1) is 11.8 Å². The minimum absolute atomic E-state index is 0.0469. The lowest BCUT2D eigenvalue weighted by atomic mass is 10.1. The van der Waals surface area contributed by atoms with E-state index in [-0.39, 0.29) is 12.5 Å². The number of benzene rings is 3. The summed E-state index contributed by atoms with van der Waals surface area (Å²) in [7, 11) is 1.51. The number of alkyl halides is 3. The van der Waals surface area contributed by atoms with Gasteiger partial charge in [0.15, 0.2) is 4.87 Å². The zero-order valence-electron chi connectivity index (χ0n) is 19.5. The molecule has 3 amide bonds. The zero-order valence-corrected chi connectivity index (χ0v) is 21.1. The molecule has 0 aromatic heterocycles. The molecule has 1 N–H and O–H groups in total. The Labute approximate surface area is 220 Å². The molecule has 3 aromatic carbocycles. The van der Waals surface area contributed by atoms with Gasteiger partial charge in [-0.2, -0.15) is 13.2 Å². The molecule has 192 valence electrons. The summed E-state index contributed by atoms with van der Waals surface area (Å²) in [6, 6.07) is 16.1. The molecule has 1 fully saturated rings. The molecule has 0 saturated carbocycles. The summed E-state index contributed by atoms with van der Waals surface area (Å²) in [5.74, 6) is 0.696. The van der Waals surface area contributed by atoms with E-state index in [1.807, 2.05) is 0 Å². The van der Waals surface area contributed by atoms with Gasteiger partial charge in [-0.1, -0.05) is 23.7 Å². The fourth-order valence-corrected chi connectivity index (χ4v) is 6.16. The summed E-state index contributed by atoms with van der Waals surface area (Å²) in [5, 5.41) is 3.36. The first kappa shape index (κ1) is 25.3. The van der Waals surface area contributed by atoms with Gasteiger partial charge in [-0.05, 0) is 60.2 Å². The quantitative estimate of drug-likeness (QED) is 0.413. The highest BCUT2D eigenvalue weighted by molar-refractivity contribution is 8.01. The number of ether oxygens (including phenoxy) is 1. The standard InChI is InChI=1S/C26H21ClF3N3O3S/c1-36-20-10-11-22-21(14-20)25(23(34)32(22)15-16-2-4-17(5-3-16)26(28,29)30)33(12-13-37-25)24(35)31-19-8-6-18(27)7-9-19/h2-11,14H,12-13,15H2,1H3,(H,31,35)/t25-/m0/s1. The Morgan fingerprint density at radius 1 is 1.11 bits per heavy atom. The number of nitrogens with zero attached hydrogens (tertiary/aromatic N) is 2. The number of fused-ring (bicyclic) bond motifs is 2. The Morgan fingerprint density at radius 2 is 1.81 bits per heavy atom. The second-order valence-electron chi connectivity index (χ2n) is 8.55. The number of hydrogen-bond acceptors (Lipinski definition) is 4. The molecule has 11 heteroatoms. The van der Waals surface area contributed by atoms with Gasteiger partial charge < -0.3 is 15.0 Å². The van der Waals surface area contributed by atoms with Gasteiger partial charge in [-0.25, -0.2) is 4.79 Å². The molecule has 0 radical (unpaired) electrons. The van der Waals surface area contributed by atoms with Crippen LogP contribution in [0.3, 0.4) is 0 Å². The van der Waals surface area contributed by atoms with Crippen LogP contribution < -0.4 is 15.0 Å². The Hall–Kier alpha value is -3.37. The third-order valence-corrected chi connectivity index (χ3v) is 8.03. The number of nitrogens with one attached hydrogen (secondary N) is 1. The highest BCUT2D eigenvalue weighted by atomic mass is 35.5. The Kier molecular flexibility index (Phi) is 6.49. The summed E-state index contributed by atoms with van der Waals surface area (Å²) in [6.07, 6.45) is -4.45. The molecule has 5 rings (SSSR count). The van der Waals surface area contributed by atoms with E-state index in [0.29, 0.717) is 45.6 Å². The van der Waals surface area contributed by atoms with Gasteiger partial charge in [0.2, 0.25) is 0 Å². The van der Waals surface area contributed by atoms with Crippen molar-refractivity contribution in [1.82, 2.24) is 4.90 Å². The molecule has 37 heavy (non-hydrogen) atoms. The predicted octanol–water partition coefficient (Wildman–Crippen LogP) is 6.35. The number of hydrogen-bond donors (Lipinski definition) is 1. The highest BCUT2D eigenvalue weighted by Crippen LogP contribution is 2.55. The van der Waals surface area contributed by atoms with Crippen LogP contribution in [0.5, 0.6) is 5.75 Å². The van der Waals surface area contributed by atoms with Gasteiger partial charge in [0.25, 0.3) is 5.91 Å². The first-order valence-corrected chi connectivity index (χ1v) is 12.6. The predicted molar refractivity (Wildman–Crippen MR) is 137 cm³/mol. The topological polar surface area (TPSA) is 61.9 Å². The Morgan fingerprint density at radius 3 is 2.46 bits per heavy atom. The van der Waals surface area contributed by atoms with Crippen molar-refractivity contribution in [1.29, 1.82) is 0 Å². The maximum Gasteiger partial charge on any atom is 0.416 e. The first-order chi connectivity index (χ1) is 17.6. The van der Waals surface area contributed by atoms with Crippen LogP contribution in [0.2, 0.25) is 5.02 Å². The third kappa shape index (κ3) is 4.48. The number of halogens is 4. The van der Waals surface area contributed by atoms with Gasteiger partial charge in [0.1, 0.15) is 5.75 Å². The van der Waals surface area contributed by atoms with Crippen LogP contribution in [0.15, 0.2) is 66.7 Å². The fraction of sp³-hybridized carbons (Fsp3) is 0.231. The number of carbonyl (C=O) groups is 2. The van der Waals surface area contributed by atoms with Crippen LogP contribution >= 0.6 is 23.4 Å². The highest BCUT2D eigenvalue weighted by Gasteiger charge is 2.59. The SMILES string of the molecule is COc1ccc2c(c1)[C@]1(SCCN1C(=O)Nc1ccc(Cl)cc1)C(=O)N2Cc1ccc(C(F)(F)F)cc1. The average Bonchev–Trinajstić information content (AvgIpc) is 3.42. The number of thioether (sulfide) groups is 1. The number of urea groups is 1. The molecule has 0 unspecified atom stereocenters. The molecule has 0 bridgehead atoms. The van der Waals surface area contributed by atoms with Crippen molar-refractivity contribution in [2.45, 2.75) is 17.6 Å². The summed E-state index contributed by atoms with van der Waals surface area (Å²) in [4.78, 5) is 29.2. The van der Waals surface area contributed by atoms with E-state index in [2.05, 4.69) is 5.32 Å². The maximum absolute atomic E-state index is 14.1. The van der Waals surface area contributed by atoms with Crippen LogP contribution in [0.4, 0.5) is 29.3 Å². The molecular formula is C26H21ClF3N3O3S. The molecule has 1 atom stereocenters. The average molecular weight is 548 g/mol. The van der Waals surface area contributed by atoms with Gasteiger partial charge >= 0.3 is 12.2 Å². The van der Waals surface area contributed by atoms with Crippen LogP contribution in [-0.4, -0.2) is 36.2 Å². The molecule has 0 aliphatic carbocycles. The van der Waals surface area contributed by atoms with Gasteiger partial charge in [-0.3, -0.25) is 9.69 Å². The van der Waals surface area contributed by atoms with E-state index in [0.717, 1.165) is 12.1 Å². The van der Waals surface area contributed by atoms with E-state index < -0.39 is 22.6 Å². The van der Waals surface area contributed by atoms with E-state index in [1.165, 1.54) is 40.8 Å². The number of amides is 3.